The summed E-state index contributed by atoms with van der Waals surface area (Å²) in [4.78, 5) is 22.6. The lowest BCUT2D eigenvalue weighted by atomic mass is 10.2. The van der Waals surface area contributed by atoms with Crippen LogP contribution in [0.2, 0.25) is 10.0 Å². The largest absolute Gasteiger partial charge is 0.384 e. The Hall–Kier alpha value is -5.63. The molecule has 7 aromatic rings. The first-order valence-corrected chi connectivity index (χ1v) is 18.4. The van der Waals surface area contributed by atoms with E-state index in [0.29, 0.717) is 27.4 Å². The standard InChI is InChI=1S/C15H5ClF5NO3S.C14H10ClN3O2S.C4H5N3/c16-8-3-4-22-9-5-6(1-2-7(8)9)26(23,24)25-15-13(20)11(18)10(17)12(19)14(15)21;15-13-4-6-17-14-7-11(1-2-12(13)14)21(19,20)8-10-3-5-16-9-18-10;5-4-1-2-6-3-7-4/h1-5H;1-7,9H,8H2;1-3H,(H2,5,6,7). The van der Waals surface area contributed by atoms with E-state index in [1.165, 1.54) is 49.3 Å². The Kier molecular flexibility index (Phi) is 12.2. The SMILES string of the molecule is Nc1ccncn1.O=S(=O)(Cc1ccncn1)c1ccc2c(Cl)ccnc2c1.O=S(=O)(Oc1c(F)c(F)c(F)c(F)c1F)c1ccc2c(Cl)ccnc2c1. The molecule has 0 atom stereocenters. The first kappa shape index (κ1) is 39.6. The highest BCUT2D eigenvalue weighted by Gasteiger charge is 2.31. The van der Waals surface area contributed by atoms with Gasteiger partial charge in [0.1, 0.15) is 23.4 Å². The topological polar surface area (TPSA) is 181 Å². The third-order valence-electron chi connectivity index (χ3n) is 6.92. The molecule has 0 aliphatic heterocycles. The minimum absolute atomic E-state index is 0.111. The average Bonchev–Trinajstić information content (AvgIpc) is 3.16. The average molecular weight is 825 g/mol. The number of sulfone groups is 1. The summed E-state index contributed by atoms with van der Waals surface area (Å²) in [6.07, 6.45) is 8.68. The second-order valence-corrected chi connectivity index (χ2v) is 14.8. The van der Waals surface area contributed by atoms with Gasteiger partial charge in [0.25, 0.3) is 0 Å². The number of nitrogen functional groups attached to an aromatic ring is 1. The van der Waals surface area contributed by atoms with Gasteiger partial charge >= 0.3 is 10.1 Å². The predicted octanol–water partition coefficient (Wildman–Crippen LogP) is 7.06. The summed E-state index contributed by atoms with van der Waals surface area (Å²) in [6.45, 7) is 0. The maximum absolute atomic E-state index is 13.6. The molecule has 0 aliphatic carbocycles. The van der Waals surface area contributed by atoms with E-state index in [2.05, 4.69) is 34.1 Å². The number of nitrogens with zero attached hydrogens (tertiary/aromatic N) is 6. The quantitative estimate of drug-likeness (QED) is 0.0782. The molecule has 2 N–H and O–H groups in total. The van der Waals surface area contributed by atoms with Crippen LogP contribution in [0.25, 0.3) is 21.8 Å². The molecule has 0 bridgehead atoms. The third kappa shape index (κ3) is 9.11. The van der Waals surface area contributed by atoms with Crippen molar-refractivity contribution >= 4 is 70.8 Å². The van der Waals surface area contributed by atoms with Crippen molar-refractivity contribution in [3.05, 3.63) is 143 Å². The van der Waals surface area contributed by atoms with Crippen LogP contribution < -0.4 is 9.92 Å². The van der Waals surface area contributed by atoms with Crippen LogP contribution in [0.1, 0.15) is 5.69 Å². The predicted molar refractivity (Wildman–Crippen MR) is 187 cm³/mol. The van der Waals surface area contributed by atoms with Gasteiger partial charge in [-0.3, -0.25) is 9.97 Å². The van der Waals surface area contributed by atoms with Crippen LogP contribution >= 0.6 is 23.2 Å². The summed E-state index contributed by atoms with van der Waals surface area (Å²) in [5.41, 5.74) is 6.31. The summed E-state index contributed by atoms with van der Waals surface area (Å²) in [6, 6.07) is 14.3. The van der Waals surface area contributed by atoms with Crippen LogP contribution in [0.15, 0.2) is 108 Å². The molecule has 21 heteroatoms. The molecule has 7 rings (SSSR count). The summed E-state index contributed by atoms with van der Waals surface area (Å²) in [5, 5.41) is 1.91. The van der Waals surface area contributed by atoms with Gasteiger partial charge in [-0.1, -0.05) is 29.3 Å². The molecule has 4 aromatic heterocycles. The zero-order chi connectivity index (χ0) is 39.2. The first-order valence-electron chi connectivity index (χ1n) is 14.6. The number of halogens is 7. The maximum atomic E-state index is 13.6. The number of rotatable bonds is 6. The molecule has 0 saturated carbocycles. The van der Waals surface area contributed by atoms with Gasteiger partial charge in [-0.15, -0.1) is 0 Å². The van der Waals surface area contributed by atoms with Crippen LogP contribution in [0.3, 0.4) is 0 Å². The number of hydrogen-bond acceptors (Lipinski definition) is 12. The Balaban J connectivity index is 0.000000178. The summed E-state index contributed by atoms with van der Waals surface area (Å²) in [7, 11) is -8.42. The van der Waals surface area contributed by atoms with Crippen molar-refractivity contribution in [3.8, 4) is 5.75 Å². The lowest BCUT2D eigenvalue weighted by Gasteiger charge is -2.11. The minimum Gasteiger partial charge on any atom is -0.384 e. The molecule has 0 radical (unpaired) electrons. The molecular formula is C33H20Cl2F5N7O5S2. The van der Waals surface area contributed by atoms with Crippen LogP contribution in [0.4, 0.5) is 27.8 Å². The van der Waals surface area contributed by atoms with Crippen molar-refractivity contribution in [2.45, 2.75) is 15.5 Å². The number of fused-ring (bicyclic) bond motifs is 2. The van der Waals surface area contributed by atoms with Crippen LogP contribution in [0, 0.1) is 29.1 Å². The Labute approximate surface area is 312 Å². The van der Waals surface area contributed by atoms with Crippen molar-refractivity contribution in [2.75, 3.05) is 5.73 Å². The molecular weight excluding hydrogens is 804 g/mol. The van der Waals surface area contributed by atoms with Crippen molar-refractivity contribution in [1.29, 1.82) is 0 Å². The number of benzene rings is 3. The highest BCUT2D eigenvalue weighted by Crippen LogP contribution is 2.32. The van der Waals surface area contributed by atoms with E-state index in [0.717, 1.165) is 17.5 Å². The van der Waals surface area contributed by atoms with Gasteiger partial charge in [0.15, 0.2) is 9.84 Å². The second kappa shape index (κ2) is 16.6. The van der Waals surface area contributed by atoms with Crippen molar-refractivity contribution in [3.63, 3.8) is 0 Å². The number of aromatic nitrogens is 6. The van der Waals surface area contributed by atoms with E-state index in [4.69, 9.17) is 28.9 Å². The number of pyridine rings is 2. The molecule has 0 amide bonds. The van der Waals surface area contributed by atoms with E-state index in [1.807, 2.05) is 0 Å². The molecule has 278 valence electrons. The van der Waals surface area contributed by atoms with E-state index >= 15 is 0 Å². The molecule has 4 heterocycles. The zero-order valence-electron chi connectivity index (χ0n) is 26.7. The molecule has 0 fully saturated rings. The number of anilines is 1. The van der Waals surface area contributed by atoms with Crippen LogP contribution in [-0.2, 0) is 25.7 Å². The monoisotopic (exact) mass is 823 g/mol. The summed E-state index contributed by atoms with van der Waals surface area (Å²) in [5.74, 6) is -13.5. The van der Waals surface area contributed by atoms with Gasteiger partial charge in [0.05, 0.1) is 37.4 Å². The van der Waals surface area contributed by atoms with Gasteiger partial charge in [-0.05, 0) is 54.6 Å². The third-order valence-corrected chi connectivity index (χ3v) is 10.4. The Morgan fingerprint density at radius 1 is 0.593 bits per heavy atom. The smallest absolute Gasteiger partial charge is 0.339 e. The van der Waals surface area contributed by atoms with Gasteiger partial charge in [0, 0.05) is 35.6 Å². The van der Waals surface area contributed by atoms with Crippen molar-refractivity contribution in [2.24, 2.45) is 0 Å². The molecule has 0 unspecified atom stereocenters. The molecule has 3 aromatic carbocycles. The van der Waals surface area contributed by atoms with Crippen LogP contribution in [0.5, 0.6) is 5.75 Å². The highest BCUT2D eigenvalue weighted by atomic mass is 35.5. The van der Waals surface area contributed by atoms with E-state index in [-0.39, 0.29) is 21.2 Å². The van der Waals surface area contributed by atoms with Crippen molar-refractivity contribution < 1.29 is 43.0 Å². The fourth-order valence-electron chi connectivity index (χ4n) is 4.33. The zero-order valence-corrected chi connectivity index (χ0v) is 29.9. The maximum Gasteiger partial charge on any atom is 0.339 e. The fourth-order valence-corrected chi connectivity index (χ4v) is 7.01. The second-order valence-electron chi connectivity index (χ2n) is 10.5. The van der Waals surface area contributed by atoms with Crippen LogP contribution in [-0.4, -0.2) is 46.7 Å². The molecule has 12 nitrogen and oxygen atoms in total. The Morgan fingerprint density at radius 3 is 1.57 bits per heavy atom. The first-order chi connectivity index (χ1) is 25.6. The van der Waals surface area contributed by atoms with E-state index < -0.39 is 59.7 Å². The Morgan fingerprint density at radius 2 is 1.09 bits per heavy atom. The lowest BCUT2D eigenvalue weighted by molar-refractivity contribution is 0.346. The van der Waals surface area contributed by atoms with Crippen molar-refractivity contribution in [1.82, 2.24) is 29.9 Å². The fraction of sp³-hybridized carbons (Fsp3) is 0.0303. The highest BCUT2D eigenvalue weighted by molar-refractivity contribution is 7.90. The van der Waals surface area contributed by atoms with Gasteiger partial charge in [0.2, 0.25) is 34.8 Å². The van der Waals surface area contributed by atoms with E-state index in [1.54, 1.807) is 36.7 Å². The van der Waals surface area contributed by atoms with Gasteiger partial charge in [-0.25, -0.2) is 41.5 Å². The lowest BCUT2D eigenvalue weighted by Crippen LogP contribution is -2.14. The molecule has 0 spiro atoms. The Bertz CT molecular complexity index is 2680. The van der Waals surface area contributed by atoms with Gasteiger partial charge in [-0.2, -0.15) is 17.2 Å². The van der Waals surface area contributed by atoms with E-state index in [9.17, 15) is 38.8 Å². The molecule has 54 heavy (non-hydrogen) atoms. The summed E-state index contributed by atoms with van der Waals surface area (Å²) >= 11 is 12.0. The minimum atomic E-state index is -4.93. The number of nitrogens with two attached hydrogens (primary N) is 1. The number of hydrogen-bond donors (Lipinski definition) is 1. The van der Waals surface area contributed by atoms with Gasteiger partial charge < -0.3 is 9.92 Å². The summed E-state index contributed by atoms with van der Waals surface area (Å²) < 4.78 is 120. The molecule has 0 saturated heterocycles. The molecule has 0 aliphatic rings. The normalized spacial score (nSPS) is 11.3.